The number of hydrogen-bond acceptors (Lipinski definition) is 6. The fourth-order valence-electron chi connectivity index (χ4n) is 2.33. The summed E-state index contributed by atoms with van der Waals surface area (Å²) in [6, 6.07) is 6.81. The molecule has 28 heavy (non-hydrogen) atoms. The maximum Gasteiger partial charge on any atom is 0.259 e. The molecule has 0 aliphatic carbocycles. The Morgan fingerprint density at radius 2 is 1.68 bits per heavy atom. The van der Waals surface area contributed by atoms with Crippen LogP contribution in [0.2, 0.25) is 10.0 Å². The van der Waals surface area contributed by atoms with Crippen LogP contribution in [0.15, 0.2) is 40.6 Å². The molecule has 0 fully saturated rings. The molecule has 0 aliphatic heterocycles. The highest BCUT2D eigenvalue weighted by Gasteiger charge is 2.26. The Kier molecular flexibility index (Phi) is 7.37. The van der Waals surface area contributed by atoms with Gasteiger partial charge in [-0.1, -0.05) is 29.3 Å². The number of carbonyl (C=O) groups excluding carboxylic acids is 2. The van der Waals surface area contributed by atoms with Crippen LogP contribution in [-0.2, 0) is 9.59 Å². The minimum Gasteiger partial charge on any atom is -0.494 e. The number of nitrogens with zero attached hydrogens (tertiary/aromatic N) is 2. The Balaban J connectivity index is 2.32. The number of rotatable bonds is 7. The minimum absolute atomic E-state index is 0.231. The zero-order valence-electron chi connectivity index (χ0n) is 15.7. The van der Waals surface area contributed by atoms with Crippen molar-refractivity contribution in [2.75, 3.05) is 19.5 Å². The quantitative estimate of drug-likeness (QED) is 0.501. The van der Waals surface area contributed by atoms with Crippen LogP contribution in [0.3, 0.4) is 0 Å². The highest BCUT2D eigenvalue weighted by molar-refractivity contribution is 6.33. The lowest BCUT2D eigenvalue weighted by molar-refractivity contribution is -0.126. The van der Waals surface area contributed by atoms with Crippen LogP contribution in [0.1, 0.15) is 12.5 Å². The molecule has 1 atom stereocenters. The first-order valence-electron chi connectivity index (χ1n) is 8.16. The van der Waals surface area contributed by atoms with E-state index in [1.54, 1.807) is 18.2 Å². The molecule has 0 aliphatic rings. The molecular weight excluding hydrogens is 405 g/mol. The number of benzene rings is 2. The smallest absolute Gasteiger partial charge is 0.259 e. The standard InChI is InChI=1S/C19H19Cl2N3O4/c1-10-5-6-14(13(21)7-10)23-24-17(11(2)25)19(26)22-18-15(27-3)8-12(20)9-16(18)28-4/h5-9,17H,1-4H3,(H,22,26). The predicted octanol–water partition coefficient (Wildman–Crippen LogP) is 5.00. The molecule has 0 aromatic heterocycles. The lowest BCUT2D eigenvalue weighted by Gasteiger charge is -2.16. The van der Waals surface area contributed by atoms with Crippen LogP contribution in [0.4, 0.5) is 11.4 Å². The summed E-state index contributed by atoms with van der Waals surface area (Å²) >= 11 is 12.1. The normalized spacial score (nSPS) is 11.9. The van der Waals surface area contributed by atoms with E-state index >= 15 is 0 Å². The molecule has 1 unspecified atom stereocenters. The maximum absolute atomic E-state index is 12.7. The van der Waals surface area contributed by atoms with Gasteiger partial charge in [-0.3, -0.25) is 9.59 Å². The largest absolute Gasteiger partial charge is 0.494 e. The van der Waals surface area contributed by atoms with Gasteiger partial charge < -0.3 is 14.8 Å². The Morgan fingerprint density at radius 3 is 2.18 bits per heavy atom. The van der Waals surface area contributed by atoms with E-state index in [0.717, 1.165) is 5.56 Å². The van der Waals surface area contributed by atoms with Crippen molar-refractivity contribution in [3.05, 3.63) is 45.9 Å². The molecule has 0 saturated carbocycles. The number of hydrogen-bond donors (Lipinski definition) is 1. The van der Waals surface area contributed by atoms with Crippen molar-refractivity contribution in [2.24, 2.45) is 10.2 Å². The van der Waals surface area contributed by atoms with Crippen LogP contribution in [-0.4, -0.2) is 32.0 Å². The van der Waals surface area contributed by atoms with E-state index in [1.165, 1.54) is 33.3 Å². The molecule has 0 spiro atoms. The van der Waals surface area contributed by atoms with Crippen LogP contribution in [0, 0.1) is 6.92 Å². The first-order chi connectivity index (χ1) is 13.3. The molecule has 0 bridgehead atoms. The van der Waals surface area contributed by atoms with Crippen LogP contribution >= 0.6 is 23.2 Å². The number of methoxy groups -OCH3 is 2. The van der Waals surface area contributed by atoms with E-state index in [1.807, 2.05) is 6.92 Å². The van der Waals surface area contributed by atoms with E-state index in [0.29, 0.717) is 15.7 Å². The minimum atomic E-state index is -1.37. The molecule has 1 amide bonds. The monoisotopic (exact) mass is 423 g/mol. The Labute approximate surface area is 172 Å². The van der Waals surface area contributed by atoms with E-state index in [4.69, 9.17) is 32.7 Å². The van der Waals surface area contributed by atoms with Gasteiger partial charge in [0.15, 0.2) is 5.78 Å². The number of ether oxygens (including phenoxy) is 2. The molecule has 2 aromatic rings. The molecule has 2 rings (SSSR count). The molecule has 1 N–H and O–H groups in total. The summed E-state index contributed by atoms with van der Waals surface area (Å²) in [6.45, 7) is 3.13. The summed E-state index contributed by atoms with van der Waals surface area (Å²) in [4.78, 5) is 24.6. The lowest BCUT2D eigenvalue weighted by atomic mass is 10.2. The summed E-state index contributed by atoms with van der Waals surface area (Å²) in [5.74, 6) is -0.633. The average molecular weight is 424 g/mol. The molecule has 7 nitrogen and oxygen atoms in total. The van der Waals surface area contributed by atoms with E-state index < -0.39 is 17.7 Å². The van der Waals surface area contributed by atoms with Crippen LogP contribution in [0.25, 0.3) is 0 Å². The number of Topliss-reactive ketones (excluding diaryl/α,β-unsaturated/α-hetero) is 1. The third-order valence-corrected chi connectivity index (χ3v) is 4.26. The van der Waals surface area contributed by atoms with E-state index in [9.17, 15) is 9.59 Å². The number of anilines is 1. The van der Waals surface area contributed by atoms with Crippen LogP contribution < -0.4 is 14.8 Å². The SMILES string of the molecule is COc1cc(Cl)cc(OC)c1NC(=O)C(N=Nc1ccc(C)cc1Cl)C(C)=O. The average Bonchev–Trinajstić information content (AvgIpc) is 2.64. The van der Waals surface area contributed by atoms with Gasteiger partial charge in [-0.2, -0.15) is 10.2 Å². The topological polar surface area (TPSA) is 89.3 Å². The van der Waals surface area contributed by atoms with Gasteiger partial charge in [0, 0.05) is 17.2 Å². The van der Waals surface area contributed by atoms with Crippen molar-refractivity contribution in [1.29, 1.82) is 0 Å². The van der Waals surface area contributed by atoms with Crippen molar-refractivity contribution in [1.82, 2.24) is 0 Å². The molecule has 0 radical (unpaired) electrons. The number of carbonyl (C=O) groups is 2. The fourth-order valence-corrected chi connectivity index (χ4v) is 2.80. The van der Waals surface area contributed by atoms with Gasteiger partial charge >= 0.3 is 0 Å². The fraction of sp³-hybridized carbons (Fsp3) is 0.263. The third-order valence-electron chi connectivity index (χ3n) is 3.74. The zero-order chi connectivity index (χ0) is 20.8. The Morgan fingerprint density at radius 1 is 1.07 bits per heavy atom. The number of nitrogens with one attached hydrogen (secondary N) is 1. The number of halogens is 2. The van der Waals surface area contributed by atoms with E-state index in [-0.39, 0.29) is 17.2 Å². The summed E-state index contributed by atoms with van der Waals surface area (Å²) in [6.07, 6.45) is 0. The number of ketones is 1. The molecule has 0 heterocycles. The third kappa shape index (κ3) is 5.21. The van der Waals surface area contributed by atoms with Gasteiger partial charge in [-0.25, -0.2) is 0 Å². The van der Waals surface area contributed by atoms with Crippen molar-refractivity contribution < 1.29 is 19.1 Å². The van der Waals surface area contributed by atoms with Crippen molar-refractivity contribution in [3.8, 4) is 11.5 Å². The summed E-state index contributed by atoms with van der Waals surface area (Å²) in [5, 5.41) is 11.2. The van der Waals surface area contributed by atoms with Gasteiger partial charge in [-0.15, -0.1) is 0 Å². The molecule has 9 heteroatoms. The van der Waals surface area contributed by atoms with Gasteiger partial charge in [0.1, 0.15) is 22.9 Å². The van der Waals surface area contributed by atoms with Crippen molar-refractivity contribution >= 4 is 46.3 Å². The summed E-state index contributed by atoms with van der Waals surface area (Å²) < 4.78 is 10.5. The predicted molar refractivity (Wildman–Crippen MR) is 108 cm³/mol. The molecular formula is C19H19Cl2N3O4. The van der Waals surface area contributed by atoms with Gasteiger partial charge in [0.25, 0.3) is 5.91 Å². The van der Waals surface area contributed by atoms with Crippen molar-refractivity contribution in [2.45, 2.75) is 19.9 Å². The zero-order valence-corrected chi connectivity index (χ0v) is 17.3. The molecule has 0 saturated heterocycles. The van der Waals surface area contributed by atoms with E-state index in [2.05, 4.69) is 15.5 Å². The van der Waals surface area contributed by atoms with Crippen LogP contribution in [0.5, 0.6) is 11.5 Å². The van der Waals surface area contributed by atoms with Gasteiger partial charge in [0.05, 0.1) is 19.2 Å². The van der Waals surface area contributed by atoms with Gasteiger partial charge in [-0.05, 0) is 31.5 Å². The highest BCUT2D eigenvalue weighted by atomic mass is 35.5. The number of aryl methyl sites for hydroxylation is 1. The highest BCUT2D eigenvalue weighted by Crippen LogP contribution is 2.38. The summed E-state index contributed by atoms with van der Waals surface area (Å²) in [5.41, 5.74) is 1.54. The second-order valence-electron chi connectivity index (χ2n) is 5.86. The molecule has 148 valence electrons. The lowest BCUT2D eigenvalue weighted by Crippen LogP contribution is -2.32. The van der Waals surface area contributed by atoms with Crippen molar-refractivity contribution in [3.63, 3.8) is 0 Å². The Bertz CT molecular complexity index is 906. The Hall–Kier alpha value is -2.64. The van der Waals surface area contributed by atoms with Gasteiger partial charge in [0.2, 0.25) is 6.04 Å². The maximum atomic E-state index is 12.7. The molecule has 2 aromatic carbocycles. The number of amides is 1. The summed E-state index contributed by atoms with van der Waals surface area (Å²) in [7, 11) is 2.84. The second-order valence-corrected chi connectivity index (χ2v) is 6.70. The first-order valence-corrected chi connectivity index (χ1v) is 8.92. The second kappa shape index (κ2) is 9.52. The first kappa shape index (κ1) is 21.7. The number of azo groups is 1.